The Kier molecular flexibility index (Phi) is 13.0. The minimum absolute atomic E-state index is 0.435. The number of nitrogens with zero attached hydrogens (tertiary/aromatic N) is 3. The second-order valence-electron chi connectivity index (χ2n) is 17.3. The minimum atomic E-state index is 0.435. The average molecular weight is 856 g/mol. The van der Waals surface area contributed by atoms with E-state index < -0.39 is 0 Å². The molecule has 0 bridgehead atoms. The number of amidine groups is 1. The van der Waals surface area contributed by atoms with Crippen molar-refractivity contribution in [3.8, 4) is 16.8 Å². The second kappa shape index (κ2) is 19.6. The molecule has 1 atom stereocenters. The Morgan fingerprint density at radius 3 is 1.80 bits per heavy atom. The molecule has 1 aromatic heterocycles. The Morgan fingerprint density at radius 1 is 0.530 bits per heavy atom. The summed E-state index contributed by atoms with van der Waals surface area (Å²) >= 11 is 0. The van der Waals surface area contributed by atoms with Gasteiger partial charge in [0, 0.05) is 27.4 Å². The molecule has 9 aromatic carbocycles. The van der Waals surface area contributed by atoms with E-state index in [1.165, 1.54) is 65.8 Å². The average Bonchev–Trinajstić information content (AvgIpc) is 3.68. The molecule has 10 rings (SSSR count). The molecule has 1 heterocycles. The van der Waals surface area contributed by atoms with Gasteiger partial charge in [0.15, 0.2) is 5.84 Å². The molecule has 0 aliphatic heterocycles. The molecule has 0 N–H and O–H groups in total. The van der Waals surface area contributed by atoms with Crippen LogP contribution in [0.2, 0.25) is 0 Å². The zero-order chi connectivity index (χ0) is 45.6. The summed E-state index contributed by atoms with van der Waals surface area (Å²) < 4.78 is 2.48. The molecule has 0 amide bonds. The van der Waals surface area contributed by atoms with Gasteiger partial charge >= 0.3 is 0 Å². The van der Waals surface area contributed by atoms with Gasteiger partial charge in [0.25, 0.3) is 0 Å². The van der Waals surface area contributed by atoms with Crippen LogP contribution in [0.5, 0.6) is 0 Å². The van der Waals surface area contributed by atoms with Gasteiger partial charge in [-0.05, 0) is 119 Å². The lowest BCUT2D eigenvalue weighted by Gasteiger charge is -2.20. The Bertz CT molecular complexity index is 3410. The molecule has 0 saturated carbocycles. The number of aliphatic imine (C=N–C) groups is 2. The van der Waals surface area contributed by atoms with Crippen molar-refractivity contribution in [2.75, 3.05) is 0 Å². The van der Waals surface area contributed by atoms with Crippen LogP contribution in [0.25, 0.3) is 65.9 Å². The van der Waals surface area contributed by atoms with Gasteiger partial charge in [0.2, 0.25) is 0 Å². The molecular weight excluding hydrogens is 799 g/mol. The third-order valence-electron chi connectivity index (χ3n) is 12.8. The highest BCUT2D eigenvalue weighted by Crippen LogP contribution is 2.43. The molecule has 324 valence electrons. The highest BCUT2D eigenvalue weighted by molar-refractivity contribution is 6.16. The molecule has 66 heavy (non-hydrogen) atoms. The zero-order valence-corrected chi connectivity index (χ0v) is 39.0. The zero-order valence-electron chi connectivity index (χ0n) is 39.0. The third kappa shape index (κ3) is 8.90. The van der Waals surface area contributed by atoms with E-state index in [4.69, 9.17) is 9.98 Å². The first-order valence-corrected chi connectivity index (χ1v) is 23.4. The summed E-state index contributed by atoms with van der Waals surface area (Å²) in [6, 6.07) is 71.6. The van der Waals surface area contributed by atoms with Gasteiger partial charge in [-0.15, -0.1) is 0 Å². The molecule has 3 heteroatoms. The summed E-state index contributed by atoms with van der Waals surface area (Å²) in [7, 11) is 0. The summed E-state index contributed by atoms with van der Waals surface area (Å²) in [4.78, 5) is 10.6. The first-order valence-electron chi connectivity index (χ1n) is 23.4. The predicted octanol–water partition coefficient (Wildman–Crippen LogP) is 17.3. The smallest absolute Gasteiger partial charge is 0.160 e. The van der Waals surface area contributed by atoms with Gasteiger partial charge in [0.05, 0.1) is 22.4 Å². The molecule has 1 unspecified atom stereocenters. The van der Waals surface area contributed by atoms with Crippen LogP contribution in [0.15, 0.2) is 216 Å². The maximum absolute atomic E-state index is 5.35. The Morgan fingerprint density at radius 2 is 1.14 bits per heavy atom. The van der Waals surface area contributed by atoms with Crippen LogP contribution in [-0.4, -0.2) is 16.1 Å². The first-order chi connectivity index (χ1) is 32.3. The molecular formula is C63H57N3. The number of hydrogen-bond acceptors (Lipinski definition) is 1. The largest absolute Gasteiger partial charge is 0.309 e. The maximum atomic E-state index is 5.35. The molecule has 3 nitrogen and oxygen atoms in total. The lowest BCUT2D eigenvalue weighted by molar-refractivity contribution is 0.736. The Hall–Kier alpha value is -7.62. The summed E-state index contributed by atoms with van der Waals surface area (Å²) in [6.07, 6.45) is 4.13. The van der Waals surface area contributed by atoms with E-state index >= 15 is 0 Å². The topological polar surface area (TPSA) is 29.6 Å². The first kappa shape index (κ1) is 43.6. The Labute approximate surface area is 390 Å². The number of para-hydroxylation sites is 1. The van der Waals surface area contributed by atoms with Crippen molar-refractivity contribution >= 4 is 60.6 Å². The van der Waals surface area contributed by atoms with Crippen LogP contribution >= 0.6 is 0 Å². The van der Waals surface area contributed by atoms with Gasteiger partial charge in [-0.3, -0.25) is 0 Å². The van der Waals surface area contributed by atoms with Gasteiger partial charge < -0.3 is 4.57 Å². The molecule has 0 aliphatic carbocycles. The summed E-state index contributed by atoms with van der Waals surface area (Å²) in [5, 5.41) is 7.43. The van der Waals surface area contributed by atoms with E-state index in [1.807, 2.05) is 30.3 Å². The summed E-state index contributed by atoms with van der Waals surface area (Å²) in [5.74, 6) is 1.12. The lowest BCUT2D eigenvalue weighted by Crippen LogP contribution is -2.06. The molecule has 0 radical (unpaired) electrons. The van der Waals surface area contributed by atoms with Gasteiger partial charge in [-0.1, -0.05) is 202 Å². The standard InChI is InChI=1S/C56H49N3.C7H8/c1-6-20-51(41-22-10-8-11-23-41)58-56(42-24-12-9-13-25-42)57-39(5)44-34-43-26-15-16-27-46(43)54(35-44)59-52-30-19-18-29-48(52)50-36-49(38(4)33-53(50)59)55-45(37(3)7-2)32-31-40-21-14-17-28-47(40)55;1-7-5-3-2-4-6-7/h8-37H,6-7H2,1-5H3;2-6H,1H3/b51-20+,57-39?,58-56?;. The number of hydrogen-bond donors (Lipinski definition) is 0. The number of rotatable bonds is 9. The van der Waals surface area contributed by atoms with Crippen molar-refractivity contribution in [3.63, 3.8) is 0 Å². The van der Waals surface area contributed by atoms with Crippen LogP contribution in [0.3, 0.4) is 0 Å². The normalized spacial score (nSPS) is 12.7. The van der Waals surface area contributed by atoms with E-state index in [-0.39, 0.29) is 0 Å². The maximum Gasteiger partial charge on any atom is 0.160 e. The minimum Gasteiger partial charge on any atom is -0.309 e. The Balaban J connectivity index is 0.000000717. The number of benzene rings is 9. The van der Waals surface area contributed by atoms with E-state index in [0.29, 0.717) is 11.8 Å². The lowest BCUT2D eigenvalue weighted by atomic mass is 9.84. The quantitative estimate of drug-likeness (QED) is 0.102. The highest BCUT2D eigenvalue weighted by Gasteiger charge is 2.21. The van der Waals surface area contributed by atoms with Crippen molar-refractivity contribution in [3.05, 3.63) is 240 Å². The predicted molar refractivity (Wildman–Crippen MR) is 286 cm³/mol. The van der Waals surface area contributed by atoms with Crippen molar-refractivity contribution in [2.45, 2.75) is 60.3 Å². The van der Waals surface area contributed by atoms with Crippen LogP contribution < -0.4 is 0 Å². The summed E-state index contributed by atoms with van der Waals surface area (Å²) in [5.41, 5.74) is 15.1. The summed E-state index contributed by atoms with van der Waals surface area (Å²) in [6.45, 7) is 13.3. The van der Waals surface area contributed by atoms with Gasteiger partial charge in [-0.2, -0.15) is 0 Å². The van der Waals surface area contributed by atoms with Crippen LogP contribution in [0, 0.1) is 13.8 Å². The molecule has 0 spiro atoms. The highest BCUT2D eigenvalue weighted by atomic mass is 15.0. The van der Waals surface area contributed by atoms with E-state index in [2.05, 4.69) is 222 Å². The monoisotopic (exact) mass is 855 g/mol. The van der Waals surface area contributed by atoms with E-state index in [0.717, 1.165) is 52.0 Å². The van der Waals surface area contributed by atoms with Gasteiger partial charge in [0.1, 0.15) is 0 Å². The van der Waals surface area contributed by atoms with E-state index in [9.17, 15) is 0 Å². The molecule has 0 saturated heterocycles. The van der Waals surface area contributed by atoms with Crippen LogP contribution in [0.1, 0.15) is 79.8 Å². The number of aryl methyl sites for hydroxylation is 2. The van der Waals surface area contributed by atoms with Crippen molar-refractivity contribution < 1.29 is 0 Å². The SMILES string of the molecule is CC/C=C(/N=C(N=C(C)c1cc(-n2c3ccccc3c3cc(-c4c(C(C)CC)ccc5ccccc45)c(C)cc32)c2ccccc2c1)c1ccccc1)c1ccccc1.Cc1ccccc1. The number of allylic oxidation sites excluding steroid dienone is 1. The van der Waals surface area contributed by atoms with Crippen LogP contribution in [-0.2, 0) is 0 Å². The molecule has 0 fully saturated rings. The molecule has 0 aliphatic rings. The van der Waals surface area contributed by atoms with E-state index in [1.54, 1.807) is 0 Å². The van der Waals surface area contributed by atoms with Crippen molar-refractivity contribution in [2.24, 2.45) is 9.98 Å². The third-order valence-corrected chi connectivity index (χ3v) is 12.8. The fraction of sp³-hybridized carbons (Fsp3) is 0.143. The second-order valence-corrected chi connectivity index (χ2v) is 17.3. The van der Waals surface area contributed by atoms with Crippen molar-refractivity contribution in [1.29, 1.82) is 0 Å². The number of aromatic nitrogens is 1. The fourth-order valence-corrected chi connectivity index (χ4v) is 9.20. The molecule has 10 aromatic rings. The van der Waals surface area contributed by atoms with Gasteiger partial charge in [-0.25, -0.2) is 9.98 Å². The van der Waals surface area contributed by atoms with Crippen LogP contribution in [0.4, 0.5) is 0 Å². The number of fused-ring (bicyclic) bond motifs is 5. The van der Waals surface area contributed by atoms with Crippen molar-refractivity contribution in [1.82, 2.24) is 4.57 Å². The fourth-order valence-electron chi connectivity index (χ4n) is 9.20.